The summed E-state index contributed by atoms with van der Waals surface area (Å²) in [5, 5.41) is 3.24. The number of carbonyl (C=O) groups excluding carboxylic acids is 2. The fourth-order valence-corrected chi connectivity index (χ4v) is 4.00. The van der Waals surface area contributed by atoms with Crippen LogP contribution in [0.25, 0.3) is 0 Å². The summed E-state index contributed by atoms with van der Waals surface area (Å²) in [7, 11) is 0. The number of thiophene rings is 1. The summed E-state index contributed by atoms with van der Waals surface area (Å²) >= 11 is 1.73. The molecule has 4 nitrogen and oxygen atoms in total. The maximum atomic E-state index is 12.4. The first-order valence-corrected chi connectivity index (χ1v) is 8.11. The van der Waals surface area contributed by atoms with Crippen LogP contribution in [0.1, 0.15) is 41.9 Å². The molecular formula is C15H20N2O2S. The summed E-state index contributed by atoms with van der Waals surface area (Å²) in [6.07, 6.45) is 4.55. The molecule has 1 saturated heterocycles. The van der Waals surface area contributed by atoms with E-state index in [-0.39, 0.29) is 23.9 Å². The lowest BCUT2D eigenvalue weighted by atomic mass is 10.2. The predicted octanol–water partition coefficient (Wildman–Crippen LogP) is 2.22. The first-order valence-electron chi connectivity index (χ1n) is 7.30. The third-order valence-corrected chi connectivity index (χ3v) is 5.19. The third-order valence-electron chi connectivity index (χ3n) is 4.19. The Bertz CT molecular complexity index is 520. The number of nitrogens with one attached hydrogen (secondary N) is 1. The number of likely N-dealkylation sites (tertiary alicyclic amines) is 1. The third kappa shape index (κ3) is 2.65. The van der Waals surface area contributed by atoms with Gasteiger partial charge in [-0.1, -0.05) is 12.8 Å². The standard InChI is InChI=1S/C15H20N2O2S/c1-10-6-7-12(20-10)9-16-13-8-14(18)17(15(13)19)11-4-2-3-5-11/h6-7,11,13,16H,2-5,8-9H2,1H3. The van der Waals surface area contributed by atoms with Crippen molar-refractivity contribution in [2.24, 2.45) is 0 Å². The van der Waals surface area contributed by atoms with E-state index in [0.29, 0.717) is 13.0 Å². The van der Waals surface area contributed by atoms with Gasteiger partial charge in [-0.15, -0.1) is 11.3 Å². The van der Waals surface area contributed by atoms with Crippen molar-refractivity contribution in [1.82, 2.24) is 10.2 Å². The Kier molecular flexibility index (Phi) is 3.89. The minimum absolute atomic E-state index is 0.00163. The van der Waals surface area contributed by atoms with Gasteiger partial charge < -0.3 is 5.32 Å². The smallest absolute Gasteiger partial charge is 0.247 e. The van der Waals surface area contributed by atoms with Crippen molar-refractivity contribution in [3.05, 3.63) is 21.9 Å². The molecule has 0 spiro atoms. The van der Waals surface area contributed by atoms with Crippen LogP contribution < -0.4 is 5.32 Å². The van der Waals surface area contributed by atoms with Crippen LogP contribution in [0.4, 0.5) is 0 Å². The molecule has 1 aliphatic carbocycles. The molecule has 2 fully saturated rings. The average molecular weight is 292 g/mol. The lowest BCUT2D eigenvalue weighted by Gasteiger charge is -2.22. The molecule has 1 unspecified atom stereocenters. The predicted molar refractivity (Wildman–Crippen MR) is 78.4 cm³/mol. The van der Waals surface area contributed by atoms with Gasteiger partial charge in [0.05, 0.1) is 12.5 Å². The van der Waals surface area contributed by atoms with Gasteiger partial charge in [-0.05, 0) is 31.9 Å². The Labute approximate surface area is 123 Å². The van der Waals surface area contributed by atoms with Gasteiger partial charge in [-0.3, -0.25) is 14.5 Å². The minimum atomic E-state index is -0.328. The van der Waals surface area contributed by atoms with Gasteiger partial charge in [0.2, 0.25) is 11.8 Å². The van der Waals surface area contributed by atoms with Crippen LogP contribution in [0.5, 0.6) is 0 Å². The van der Waals surface area contributed by atoms with Crippen LogP contribution in [-0.2, 0) is 16.1 Å². The molecule has 3 rings (SSSR count). The Balaban J connectivity index is 1.60. The SMILES string of the molecule is Cc1ccc(CNC2CC(=O)N(C3CCCC3)C2=O)s1. The number of carbonyl (C=O) groups is 2. The fraction of sp³-hybridized carbons (Fsp3) is 0.600. The van der Waals surface area contributed by atoms with Crippen LogP contribution in [-0.4, -0.2) is 28.8 Å². The van der Waals surface area contributed by atoms with E-state index in [9.17, 15) is 9.59 Å². The molecule has 1 aromatic heterocycles. The Morgan fingerprint density at radius 3 is 2.70 bits per heavy atom. The summed E-state index contributed by atoms with van der Waals surface area (Å²) in [6.45, 7) is 2.74. The van der Waals surface area contributed by atoms with Gasteiger partial charge in [-0.2, -0.15) is 0 Å². The average Bonchev–Trinajstić information content (AvgIpc) is 3.10. The topological polar surface area (TPSA) is 49.4 Å². The molecule has 1 aliphatic heterocycles. The first kappa shape index (κ1) is 13.8. The number of hydrogen-bond donors (Lipinski definition) is 1. The zero-order chi connectivity index (χ0) is 14.1. The lowest BCUT2D eigenvalue weighted by Crippen LogP contribution is -2.42. The molecule has 5 heteroatoms. The monoisotopic (exact) mass is 292 g/mol. The molecule has 2 amide bonds. The number of amides is 2. The zero-order valence-electron chi connectivity index (χ0n) is 11.7. The lowest BCUT2D eigenvalue weighted by molar-refractivity contribution is -0.141. The van der Waals surface area contributed by atoms with E-state index in [1.54, 1.807) is 11.3 Å². The second kappa shape index (κ2) is 5.66. The van der Waals surface area contributed by atoms with E-state index < -0.39 is 0 Å². The molecule has 20 heavy (non-hydrogen) atoms. The number of aryl methyl sites for hydroxylation is 1. The number of nitrogens with zero attached hydrogens (tertiary/aromatic N) is 1. The van der Waals surface area contributed by atoms with Gasteiger partial charge in [0, 0.05) is 22.3 Å². The van der Waals surface area contributed by atoms with Crippen LogP contribution in [0.2, 0.25) is 0 Å². The molecule has 0 bridgehead atoms. The van der Waals surface area contributed by atoms with Gasteiger partial charge >= 0.3 is 0 Å². The molecule has 1 atom stereocenters. The van der Waals surface area contributed by atoms with E-state index in [4.69, 9.17) is 0 Å². The largest absolute Gasteiger partial charge is 0.300 e. The summed E-state index contributed by atoms with van der Waals surface area (Å²) in [5.74, 6) is -0.0167. The van der Waals surface area contributed by atoms with Crippen molar-refractivity contribution in [2.45, 2.75) is 57.7 Å². The highest BCUT2D eigenvalue weighted by molar-refractivity contribution is 7.11. The number of hydrogen-bond acceptors (Lipinski definition) is 4. The Morgan fingerprint density at radius 1 is 1.30 bits per heavy atom. The zero-order valence-corrected chi connectivity index (χ0v) is 12.5. The van der Waals surface area contributed by atoms with Crippen LogP contribution in [0.3, 0.4) is 0 Å². The fourth-order valence-electron chi connectivity index (χ4n) is 3.16. The summed E-state index contributed by atoms with van der Waals surface area (Å²) in [4.78, 5) is 28.4. The normalized spacial score (nSPS) is 24.1. The van der Waals surface area contributed by atoms with Crippen molar-refractivity contribution in [2.75, 3.05) is 0 Å². The summed E-state index contributed by atoms with van der Waals surface area (Å²) in [6, 6.07) is 3.98. The molecule has 2 aliphatic rings. The Morgan fingerprint density at radius 2 is 2.05 bits per heavy atom. The van der Waals surface area contributed by atoms with E-state index in [0.717, 1.165) is 25.7 Å². The highest BCUT2D eigenvalue weighted by Gasteiger charge is 2.42. The molecule has 0 radical (unpaired) electrons. The van der Waals surface area contributed by atoms with E-state index in [1.807, 2.05) is 0 Å². The molecule has 1 aromatic rings. The number of rotatable bonds is 4. The van der Waals surface area contributed by atoms with Crippen molar-refractivity contribution < 1.29 is 9.59 Å². The summed E-state index contributed by atoms with van der Waals surface area (Å²) in [5.41, 5.74) is 0. The van der Waals surface area contributed by atoms with Crippen molar-refractivity contribution in [3.63, 3.8) is 0 Å². The number of imide groups is 1. The Hall–Kier alpha value is -1.20. The molecule has 1 saturated carbocycles. The van der Waals surface area contributed by atoms with Crippen LogP contribution >= 0.6 is 11.3 Å². The molecule has 1 N–H and O–H groups in total. The maximum Gasteiger partial charge on any atom is 0.247 e. The van der Waals surface area contributed by atoms with Crippen LogP contribution in [0.15, 0.2) is 12.1 Å². The van der Waals surface area contributed by atoms with Crippen molar-refractivity contribution >= 4 is 23.2 Å². The maximum absolute atomic E-state index is 12.4. The molecular weight excluding hydrogens is 272 g/mol. The second-order valence-electron chi connectivity index (χ2n) is 5.69. The molecule has 108 valence electrons. The van der Waals surface area contributed by atoms with E-state index in [2.05, 4.69) is 24.4 Å². The quantitative estimate of drug-likeness (QED) is 0.866. The first-order chi connectivity index (χ1) is 9.65. The van der Waals surface area contributed by atoms with Crippen molar-refractivity contribution in [1.29, 1.82) is 0 Å². The molecule has 0 aromatic carbocycles. The van der Waals surface area contributed by atoms with Gasteiger partial charge in [0.1, 0.15) is 0 Å². The van der Waals surface area contributed by atoms with E-state index >= 15 is 0 Å². The van der Waals surface area contributed by atoms with Gasteiger partial charge in [-0.25, -0.2) is 0 Å². The van der Waals surface area contributed by atoms with Crippen molar-refractivity contribution in [3.8, 4) is 0 Å². The second-order valence-corrected chi connectivity index (χ2v) is 7.06. The van der Waals surface area contributed by atoms with Crippen LogP contribution in [0, 0.1) is 6.92 Å². The van der Waals surface area contributed by atoms with E-state index in [1.165, 1.54) is 14.7 Å². The molecule has 2 heterocycles. The minimum Gasteiger partial charge on any atom is -0.300 e. The van der Waals surface area contributed by atoms with Gasteiger partial charge in [0.15, 0.2) is 0 Å². The van der Waals surface area contributed by atoms with Gasteiger partial charge in [0.25, 0.3) is 0 Å². The highest BCUT2D eigenvalue weighted by Crippen LogP contribution is 2.28. The highest BCUT2D eigenvalue weighted by atomic mass is 32.1. The summed E-state index contributed by atoms with van der Waals surface area (Å²) < 4.78 is 0.